The highest BCUT2D eigenvalue weighted by Gasteiger charge is 2.49. The number of benzene rings is 5. The molecule has 5 aromatic carbocycles. The number of rotatable bonds is 5. The fraction of sp³-hybridized carbons (Fsp3) is 0.116. The fourth-order valence-electron chi connectivity index (χ4n) is 8.01. The lowest BCUT2D eigenvalue weighted by atomic mass is 9.66. The van der Waals surface area contributed by atoms with Gasteiger partial charge >= 0.3 is 0 Å². The Morgan fingerprint density at radius 1 is 0.622 bits per heavy atom. The molecule has 0 radical (unpaired) electrons. The SMILES string of the molecule is C1=CCCC(N(c2ccccc2)c2cc(C3(c4ccccc4)C4=C(CCC=C4)c4ccccc43)c3oc4ccccc4c3c2)=C1. The van der Waals surface area contributed by atoms with E-state index in [4.69, 9.17) is 4.42 Å². The summed E-state index contributed by atoms with van der Waals surface area (Å²) in [6.45, 7) is 0. The molecule has 1 aromatic heterocycles. The lowest BCUT2D eigenvalue weighted by molar-refractivity contribution is 0.647. The van der Waals surface area contributed by atoms with Gasteiger partial charge in [-0.2, -0.15) is 0 Å². The normalized spacial score (nSPS) is 18.7. The topological polar surface area (TPSA) is 16.4 Å². The second-order valence-electron chi connectivity index (χ2n) is 12.3. The van der Waals surface area contributed by atoms with E-state index < -0.39 is 5.41 Å². The molecule has 216 valence electrons. The molecule has 2 heteroatoms. The molecule has 0 fully saturated rings. The van der Waals surface area contributed by atoms with Gasteiger partial charge in [0, 0.05) is 33.4 Å². The van der Waals surface area contributed by atoms with E-state index in [9.17, 15) is 0 Å². The van der Waals surface area contributed by atoms with Crippen molar-refractivity contribution in [2.24, 2.45) is 0 Å². The molecule has 2 nitrogen and oxygen atoms in total. The Morgan fingerprint density at radius 2 is 1.38 bits per heavy atom. The highest BCUT2D eigenvalue weighted by atomic mass is 16.3. The Labute approximate surface area is 263 Å². The minimum atomic E-state index is -0.532. The van der Waals surface area contributed by atoms with Gasteiger partial charge in [0.1, 0.15) is 11.2 Å². The van der Waals surface area contributed by atoms with Crippen LogP contribution in [0, 0.1) is 0 Å². The first-order chi connectivity index (χ1) is 22.3. The third-order valence-corrected chi connectivity index (χ3v) is 9.86. The maximum Gasteiger partial charge on any atom is 0.140 e. The lowest BCUT2D eigenvalue weighted by Gasteiger charge is -2.36. The fourth-order valence-corrected chi connectivity index (χ4v) is 8.01. The average Bonchev–Trinajstić information content (AvgIpc) is 3.64. The largest absolute Gasteiger partial charge is 0.456 e. The van der Waals surface area contributed by atoms with Crippen molar-refractivity contribution in [1.82, 2.24) is 0 Å². The first-order valence-electron chi connectivity index (χ1n) is 16.1. The molecule has 45 heavy (non-hydrogen) atoms. The second-order valence-corrected chi connectivity index (χ2v) is 12.3. The van der Waals surface area contributed by atoms with Crippen LogP contribution < -0.4 is 4.90 Å². The summed E-state index contributed by atoms with van der Waals surface area (Å²) in [7, 11) is 0. The molecule has 1 heterocycles. The van der Waals surface area contributed by atoms with Crippen molar-refractivity contribution in [2.75, 3.05) is 4.90 Å². The number of furan rings is 1. The van der Waals surface area contributed by atoms with Gasteiger partial charge in [-0.3, -0.25) is 0 Å². The summed E-state index contributed by atoms with van der Waals surface area (Å²) >= 11 is 0. The van der Waals surface area contributed by atoms with Gasteiger partial charge in [-0.1, -0.05) is 115 Å². The van der Waals surface area contributed by atoms with Gasteiger partial charge in [0.05, 0.1) is 5.41 Å². The minimum Gasteiger partial charge on any atom is -0.456 e. The molecule has 3 aliphatic carbocycles. The molecule has 0 spiro atoms. The van der Waals surface area contributed by atoms with E-state index in [-0.39, 0.29) is 0 Å². The summed E-state index contributed by atoms with van der Waals surface area (Å²) in [5.74, 6) is 0. The zero-order chi connectivity index (χ0) is 29.8. The standard InChI is InChI=1S/C43H33NO/c1-4-16-30(17-5-1)43(38-25-13-10-22-34(38)35-23-11-14-26-39(35)43)40-29-33(28-37-36-24-12-15-27-41(36)45-42(37)40)44(31-18-6-2-7-19-31)32-20-8-3-9-21-32/h1-8,10,12-20,22,24-29H,9,11,21,23H2. The summed E-state index contributed by atoms with van der Waals surface area (Å²) in [6.07, 6.45) is 15.6. The van der Waals surface area contributed by atoms with Crippen LogP contribution in [0.4, 0.5) is 11.4 Å². The van der Waals surface area contributed by atoms with Crippen LogP contribution in [0.5, 0.6) is 0 Å². The van der Waals surface area contributed by atoms with E-state index in [1.54, 1.807) is 0 Å². The number of anilines is 2. The molecule has 6 aromatic rings. The number of para-hydroxylation sites is 2. The highest BCUT2D eigenvalue weighted by molar-refractivity contribution is 6.09. The highest BCUT2D eigenvalue weighted by Crippen LogP contribution is 2.59. The molecule has 0 amide bonds. The van der Waals surface area contributed by atoms with E-state index in [1.807, 2.05) is 0 Å². The summed E-state index contributed by atoms with van der Waals surface area (Å²) in [4.78, 5) is 2.46. The van der Waals surface area contributed by atoms with E-state index in [0.717, 1.165) is 59.0 Å². The predicted molar refractivity (Wildman–Crippen MR) is 187 cm³/mol. The molecular weight excluding hydrogens is 546 g/mol. The number of nitrogens with zero attached hydrogens (tertiary/aromatic N) is 1. The van der Waals surface area contributed by atoms with Gasteiger partial charge in [0.2, 0.25) is 0 Å². The smallest absolute Gasteiger partial charge is 0.140 e. The molecule has 0 saturated carbocycles. The predicted octanol–water partition coefficient (Wildman–Crippen LogP) is 11.4. The van der Waals surface area contributed by atoms with Crippen molar-refractivity contribution >= 4 is 38.9 Å². The van der Waals surface area contributed by atoms with Crippen LogP contribution in [0.25, 0.3) is 27.5 Å². The zero-order valence-electron chi connectivity index (χ0n) is 25.1. The maximum atomic E-state index is 6.93. The van der Waals surface area contributed by atoms with E-state index in [2.05, 4.69) is 157 Å². The number of allylic oxidation sites excluding steroid dienone is 8. The Bertz CT molecular complexity index is 2210. The van der Waals surface area contributed by atoms with Gasteiger partial charge < -0.3 is 9.32 Å². The number of fused-ring (bicyclic) bond motifs is 5. The number of hydrogen-bond donors (Lipinski definition) is 0. The van der Waals surface area contributed by atoms with Gasteiger partial charge in [-0.25, -0.2) is 0 Å². The molecule has 0 bridgehead atoms. The second kappa shape index (κ2) is 10.4. The zero-order valence-corrected chi connectivity index (χ0v) is 25.1. The van der Waals surface area contributed by atoms with E-state index in [1.165, 1.54) is 39.1 Å². The number of hydrogen-bond acceptors (Lipinski definition) is 2. The van der Waals surface area contributed by atoms with Crippen molar-refractivity contribution in [3.05, 3.63) is 185 Å². The summed E-state index contributed by atoms with van der Waals surface area (Å²) in [5, 5.41) is 2.29. The van der Waals surface area contributed by atoms with Crippen LogP contribution in [0.15, 0.2) is 167 Å². The van der Waals surface area contributed by atoms with Crippen molar-refractivity contribution in [3.8, 4) is 0 Å². The van der Waals surface area contributed by atoms with E-state index >= 15 is 0 Å². The first kappa shape index (κ1) is 26.1. The van der Waals surface area contributed by atoms with Crippen molar-refractivity contribution in [3.63, 3.8) is 0 Å². The summed E-state index contributed by atoms with van der Waals surface area (Å²) < 4.78 is 6.93. The maximum absolute atomic E-state index is 6.93. The molecule has 9 rings (SSSR count). The average molecular weight is 580 g/mol. The summed E-state index contributed by atoms with van der Waals surface area (Å²) in [6, 6.07) is 44.2. The Balaban J connectivity index is 1.45. The monoisotopic (exact) mass is 579 g/mol. The molecule has 0 saturated heterocycles. The quantitative estimate of drug-likeness (QED) is 0.202. The Hall–Kier alpha value is -5.34. The van der Waals surface area contributed by atoms with Crippen LogP contribution in [0.2, 0.25) is 0 Å². The molecule has 1 atom stereocenters. The lowest BCUT2D eigenvalue weighted by Crippen LogP contribution is -2.30. The molecule has 0 aliphatic heterocycles. The Morgan fingerprint density at radius 3 is 2.22 bits per heavy atom. The van der Waals surface area contributed by atoms with Gasteiger partial charge in [0.15, 0.2) is 0 Å². The van der Waals surface area contributed by atoms with Crippen molar-refractivity contribution < 1.29 is 4.42 Å². The Kier molecular flexibility index (Phi) is 6.02. The van der Waals surface area contributed by atoms with Crippen LogP contribution in [-0.2, 0) is 5.41 Å². The first-order valence-corrected chi connectivity index (χ1v) is 16.1. The molecule has 0 N–H and O–H groups in total. The molecule has 1 unspecified atom stereocenters. The van der Waals surface area contributed by atoms with Crippen LogP contribution >= 0.6 is 0 Å². The van der Waals surface area contributed by atoms with Gasteiger partial charge in [-0.15, -0.1) is 0 Å². The van der Waals surface area contributed by atoms with Gasteiger partial charge in [0.25, 0.3) is 0 Å². The van der Waals surface area contributed by atoms with Crippen molar-refractivity contribution in [1.29, 1.82) is 0 Å². The molecule has 3 aliphatic rings. The van der Waals surface area contributed by atoms with E-state index in [0.29, 0.717) is 0 Å². The van der Waals surface area contributed by atoms with Crippen LogP contribution in [0.1, 0.15) is 47.9 Å². The summed E-state index contributed by atoms with van der Waals surface area (Å²) in [5.41, 5.74) is 12.9. The van der Waals surface area contributed by atoms with Gasteiger partial charge in [-0.05, 0) is 89.9 Å². The van der Waals surface area contributed by atoms with Crippen molar-refractivity contribution in [2.45, 2.75) is 31.1 Å². The minimum absolute atomic E-state index is 0.532. The van der Waals surface area contributed by atoms with Crippen LogP contribution in [0.3, 0.4) is 0 Å². The third kappa shape index (κ3) is 3.88. The van der Waals surface area contributed by atoms with Crippen LogP contribution in [-0.4, -0.2) is 0 Å². The molecular formula is C43H33NO. The third-order valence-electron chi connectivity index (χ3n) is 9.86.